The highest BCUT2D eigenvalue weighted by Gasteiger charge is 2.31. The van der Waals surface area contributed by atoms with Gasteiger partial charge in [0.2, 0.25) is 16.0 Å². The molecule has 0 saturated heterocycles. The molecule has 3 aromatic rings. The standard InChI is InChI=1S/C18H17Cl2N5O2S/c1-28(26,27)24-17-22-18-21-15(11-2-6-13(19)7-3-11)10-16(25(18)23-17)12-4-8-14(20)9-5-12/h2-9,15-16H,10H2,1H3,(H2,21,22,23,24)/t15-,16-/m1/s1. The fourth-order valence-electron chi connectivity index (χ4n) is 3.26. The van der Waals surface area contributed by atoms with Crippen molar-refractivity contribution in [1.29, 1.82) is 0 Å². The molecule has 4 rings (SSSR count). The third-order valence-electron chi connectivity index (χ3n) is 4.49. The van der Waals surface area contributed by atoms with Crippen LogP contribution in [0.15, 0.2) is 48.5 Å². The molecule has 0 bridgehead atoms. The van der Waals surface area contributed by atoms with Crippen LogP contribution in [0.2, 0.25) is 10.0 Å². The van der Waals surface area contributed by atoms with Crippen molar-refractivity contribution in [2.45, 2.75) is 18.5 Å². The first-order valence-electron chi connectivity index (χ1n) is 8.50. The summed E-state index contributed by atoms with van der Waals surface area (Å²) < 4.78 is 27.2. The Morgan fingerprint density at radius 1 is 1.04 bits per heavy atom. The van der Waals surface area contributed by atoms with Crippen LogP contribution in [0, 0.1) is 0 Å². The van der Waals surface area contributed by atoms with Crippen molar-refractivity contribution in [1.82, 2.24) is 14.8 Å². The first kappa shape index (κ1) is 19.0. The molecule has 0 aliphatic carbocycles. The number of fused-ring (bicyclic) bond motifs is 1. The normalized spacial score (nSPS) is 19.0. The van der Waals surface area contributed by atoms with Gasteiger partial charge in [0.15, 0.2) is 0 Å². The van der Waals surface area contributed by atoms with Gasteiger partial charge in [-0.3, -0.25) is 4.72 Å². The van der Waals surface area contributed by atoms with Crippen LogP contribution >= 0.6 is 23.2 Å². The van der Waals surface area contributed by atoms with E-state index in [-0.39, 0.29) is 18.0 Å². The van der Waals surface area contributed by atoms with Crippen LogP contribution in [0.5, 0.6) is 0 Å². The molecule has 1 aliphatic rings. The van der Waals surface area contributed by atoms with Gasteiger partial charge in [-0.2, -0.15) is 4.98 Å². The van der Waals surface area contributed by atoms with Gasteiger partial charge in [0.05, 0.1) is 18.3 Å². The van der Waals surface area contributed by atoms with E-state index in [4.69, 9.17) is 23.2 Å². The van der Waals surface area contributed by atoms with Crippen LogP contribution in [0.3, 0.4) is 0 Å². The van der Waals surface area contributed by atoms with Crippen molar-refractivity contribution in [3.8, 4) is 0 Å². The molecular formula is C18H17Cl2N5O2S. The molecule has 1 aromatic heterocycles. The summed E-state index contributed by atoms with van der Waals surface area (Å²) in [5, 5.41) is 9.00. The van der Waals surface area contributed by atoms with Gasteiger partial charge in [-0.1, -0.05) is 47.5 Å². The largest absolute Gasteiger partial charge is 0.347 e. The van der Waals surface area contributed by atoms with Crippen molar-refractivity contribution < 1.29 is 8.42 Å². The van der Waals surface area contributed by atoms with Gasteiger partial charge in [-0.25, -0.2) is 13.1 Å². The zero-order valence-corrected chi connectivity index (χ0v) is 17.1. The van der Waals surface area contributed by atoms with E-state index >= 15 is 0 Å². The first-order valence-corrected chi connectivity index (χ1v) is 11.1. The summed E-state index contributed by atoms with van der Waals surface area (Å²) in [4.78, 5) is 4.32. The average molecular weight is 438 g/mol. The van der Waals surface area contributed by atoms with Crippen LogP contribution in [0.4, 0.5) is 11.9 Å². The highest BCUT2D eigenvalue weighted by Crippen LogP contribution is 2.38. The Morgan fingerprint density at radius 3 is 2.18 bits per heavy atom. The second-order valence-electron chi connectivity index (χ2n) is 6.63. The van der Waals surface area contributed by atoms with Crippen LogP contribution in [-0.2, 0) is 10.0 Å². The van der Waals surface area contributed by atoms with Gasteiger partial charge in [0.1, 0.15) is 0 Å². The van der Waals surface area contributed by atoms with E-state index in [9.17, 15) is 8.42 Å². The molecular weight excluding hydrogens is 421 g/mol. The zero-order chi connectivity index (χ0) is 19.9. The fourth-order valence-corrected chi connectivity index (χ4v) is 3.93. The van der Waals surface area contributed by atoms with Crippen molar-refractivity contribution in [3.63, 3.8) is 0 Å². The van der Waals surface area contributed by atoms with Crippen LogP contribution in [0.1, 0.15) is 29.6 Å². The molecule has 1 aliphatic heterocycles. The number of sulfonamides is 1. The number of hydrogen-bond donors (Lipinski definition) is 2. The van der Waals surface area contributed by atoms with Gasteiger partial charge in [0, 0.05) is 10.0 Å². The molecule has 2 heterocycles. The van der Waals surface area contributed by atoms with Gasteiger partial charge in [0.25, 0.3) is 5.95 Å². The third-order valence-corrected chi connectivity index (χ3v) is 5.55. The minimum Gasteiger partial charge on any atom is -0.347 e. The van der Waals surface area contributed by atoms with Gasteiger partial charge in [-0.05, 0) is 41.8 Å². The Hall–Kier alpha value is -2.29. The predicted molar refractivity (Wildman–Crippen MR) is 111 cm³/mol. The van der Waals surface area contributed by atoms with E-state index in [1.165, 1.54) is 0 Å². The summed E-state index contributed by atoms with van der Waals surface area (Å²) in [6.07, 6.45) is 1.76. The molecule has 2 aromatic carbocycles. The van der Waals surface area contributed by atoms with E-state index in [1.807, 2.05) is 48.5 Å². The highest BCUT2D eigenvalue weighted by atomic mass is 35.5. The number of anilines is 2. The van der Waals surface area contributed by atoms with E-state index in [1.54, 1.807) is 4.68 Å². The summed E-state index contributed by atoms with van der Waals surface area (Å²) in [5.41, 5.74) is 2.05. The highest BCUT2D eigenvalue weighted by molar-refractivity contribution is 7.91. The molecule has 0 amide bonds. The minimum atomic E-state index is -3.48. The Bertz CT molecular complexity index is 1100. The lowest BCUT2D eigenvalue weighted by atomic mass is 9.93. The van der Waals surface area contributed by atoms with Crippen molar-refractivity contribution in [2.75, 3.05) is 16.3 Å². The van der Waals surface area contributed by atoms with E-state index in [0.717, 1.165) is 17.4 Å². The summed E-state index contributed by atoms with van der Waals surface area (Å²) in [7, 11) is -3.48. The van der Waals surface area contributed by atoms with E-state index < -0.39 is 10.0 Å². The Balaban J connectivity index is 1.75. The second kappa shape index (κ2) is 7.27. The smallest absolute Gasteiger partial charge is 0.257 e. The maximum absolute atomic E-state index is 11.6. The average Bonchev–Trinajstić information content (AvgIpc) is 3.02. The van der Waals surface area contributed by atoms with Gasteiger partial charge in [-0.15, -0.1) is 5.10 Å². The minimum absolute atomic E-state index is 0.0284. The number of benzene rings is 2. The van der Waals surface area contributed by atoms with Gasteiger partial charge < -0.3 is 5.32 Å². The third kappa shape index (κ3) is 4.09. The van der Waals surface area contributed by atoms with Crippen molar-refractivity contribution >= 4 is 45.1 Å². The molecule has 2 atom stereocenters. The maximum atomic E-state index is 11.6. The summed E-state index contributed by atoms with van der Waals surface area (Å²) >= 11 is 12.0. The monoisotopic (exact) mass is 437 g/mol. The molecule has 0 unspecified atom stereocenters. The van der Waals surface area contributed by atoms with Crippen LogP contribution in [-0.4, -0.2) is 29.4 Å². The lowest BCUT2D eigenvalue weighted by molar-refractivity contribution is 0.431. The molecule has 0 spiro atoms. The molecule has 0 radical (unpaired) electrons. The molecule has 7 nitrogen and oxygen atoms in total. The summed E-state index contributed by atoms with van der Waals surface area (Å²) in [5.74, 6) is 0.512. The molecule has 10 heteroatoms. The fraction of sp³-hybridized carbons (Fsp3) is 0.222. The first-order chi connectivity index (χ1) is 13.3. The summed E-state index contributed by atoms with van der Waals surface area (Å²) in [6, 6.07) is 14.9. The quantitative estimate of drug-likeness (QED) is 0.640. The Labute approximate surface area is 172 Å². The van der Waals surface area contributed by atoms with Crippen LogP contribution < -0.4 is 10.0 Å². The predicted octanol–water partition coefficient (Wildman–Crippen LogP) is 4.10. The Kier molecular flexibility index (Phi) is 4.95. The number of rotatable bonds is 4. The summed E-state index contributed by atoms with van der Waals surface area (Å²) in [6.45, 7) is 0. The van der Waals surface area contributed by atoms with Gasteiger partial charge >= 0.3 is 0 Å². The number of nitrogens with zero attached hydrogens (tertiary/aromatic N) is 3. The van der Waals surface area contributed by atoms with Crippen LogP contribution in [0.25, 0.3) is 0 Å². The van der Waals surface area contributed by atoms with E-state index in [2.05, 4.69) is 20.1 Å². The SMILES string of the molecule is CS(=O)(=O)Nc1nc2n(n1)[C@@H](c1ccc(Cl)cc1)C[C@H](c1ccc(Cl)cc1)N2. The van der Waals surface area contributed by atoms with Crippen molar-refractivity contribution in [2.24, 2.45) is 0 Å². The van der Waals surface area contributed by atoms with Crippen molar-refractivity contribution in [3.05, 3.63) is 69.7 Å². The lowest BCUT2D eigenvalue weighted by Crippen LogP contribution is -2.28. The maximum Gasteiger partial charge on any atom is 0.257 e. The Morgan fingerprint density at radius 2 is 1.61 bits per heavy atom. The second-order valence-corrected chi connectivity index (χ2v) is 9.25. The zero-order valence-electron chi connectivity index (χ0n) is 14.8. The number of aromatic nitrogens is 3. The molecule has 0 saturated carbocycles. The topological polar surface area (TPSA) is 88.9 Å². The number of halogens is 2. The number of hydrogen-bond acceptors (Lipinski definition) is 5. The van der Waals surface area contributed by atoms with E-state index in [0.29, 0.717) is 22.4 Å². The molecule has 146 valence electrons. The molecule has 28 heavy (non-hydrogen) atoms. The molecule has 2 N–H and O–H groups in total. The lowest BCUT2D eigenvalue weighted by Gasteiger charge is -2.31. The number of nitrogens with one attached hydrogen (secondary N) is 2. The molecule has 0 fully saturated rings.